The van der Waals surface area contributed by atoms with Crippen LogP contribution in [0.1, 0.15) is 44.5 Å². The highest BCUT2D eigenvalue weighted by Gasteiger charge is 2.48. The van der Waals surface area contributed by atoms with Gasteiger partial charge in [0, 0.05) is 70.4 Å². The first-order valence-corrected chi connectivity index (χ1v) is 44.2. The van der Waals surface area contributed by atoms with Crippen molar-refractivity contribution >= 4 is 87.6 Å². The second-order valence-corrected chi connectivity index (χ2v) is 33.8. The minimum absolute atomic E-state index is 0.525. The molecule has 22 aromatic rings. The fourth-order valence-corrected chi connectivity index (χ4v) is 21.5. The number of fused-ring (bicyclic) bond motifs is 12. The van der Waals surface area contributed by atoms with Crippen LogP contribution in [-0.4, -0.2) is 0 Å². The van der Waals surface area contributed by atoms with Crippen LogP contribution in [0.4, 0.5) is 34.1 Å². The standard InChI is InChI=1S/C61H41NO.C61H41NS/c2*1-5-18-42(19-6-1)45-34-39-58(55(40-45)43-20-7-2-8-21-43)62(48-35-32-44(33-36-48)50-28-17-29-54-53-27-14-16-31-59(53)63-60(50)54)49-37-38-52-51-26-13-15-30-56(51)61(57(52)41-49,46-22-9-3-10-23-46)47-24-11-4-12-25-47/h2*1-41H. The highest BCUT2D eigenvalue weighted by molar-refractivity contribution is 7.26. The highest BCUT2D eigenvalue weighted by Crippen LogP contribution is 2.61. The maximum atomic E-state index is 6.52. The van der Waals surface area contributed by atoms with E-state index < -0.39 is 10.8 Å². The van der Waals surface area contributed by atoms with Crippen molar-refractivity contribution in [3.63, 3.8) is 0 Å². The van der Waals surface area contributed by atoms with Gasteiger partial charge in [0.15, 0.2) is 0 Å². The number of para-hydroxylation sites is 2. The van der Waals surface area contributed by atoms with Crippen LogP contribution in [-0.2, 0) is 10.8 Å². The van der Waals surface area contributed by atoms with Crippen LogP contribution in [0.25, 0.3) is 131 Å². The average molecular weight is 1620 g/mol. The molecule has 0 saturated carbocycles. The van der Waals surface area contributed by atoms with Crippen LogP contribution < -0.4 is 9.80 Å². The lowest BCUT2D eigenvalue weighted by molar-refractivity contribution is 0.670. The van der Waals surface area contributed by atoms with Gasteiger partial charge in [0.2, 0.25) is 0 Å². The molecule has 0 atom stereocenters. The lowest BCUT2D eigenvalue weighted by atomic mass is 9.67. The van der Waals surface area contributed by atoms with Gasteiger partial charge < -0.3 is 14.2 Å². The zero-order chi connectivity index (χ0) is 83.5. The van der Waals surface area contributed by atoms with Gasteiger partial charge in [-0.1, -0.05) is 413 Å². The Balaban J connectivity index is 0.000000145. The van der Waals surface area contributed by atoms with E-state index in [-0.39, 0.29) is 0 Å². The van der Waals surface area contributed by atoms with Crippen LogP contribution in [0.5, 0.6) is 0 Å². The van der Waals surface area contributed by atoms with Crippen molar-refractivity contribution in [2.24, 2.45) is 0 Å². The van der Waals surface area contributed by atoms with Crippen LogP contribution in [0.3, 0.4) is 0 Å². The van der Waals surface area contributed by atoms with Gasteiger partial charge in [-0.05, 0) is 202 Å². The summed E-state index contributed by atoms with van der Waals surface area (Å²) in [6, 6.07) is 182. The summed E-state index contributed by atoms with van der Waals surface area (Å²) in [6.07, 6.45) is 0. The molecule has 0 spiro atoms. The summed E-state index contributed by atoms with van der Waals surface area (Å²) in [5.74, 6) is 0. The number of benzene rings is 20. The first-order valence-electron chi connectivity index (χ1n) is 43.3. The van der Waals surface area contributed by atoms with E-state index in [1.54, 1.807) is 0 Å². The summed E-state index contributed by atoms with van der Waals surface area (Å²) < 4.78 is 9.16. The third kappa shape index (κ3) is 12.7. The number of rotatable bonds is 16. The number of thiophene rings is 1. The number of nitrogens with zero attached hydrogens (tertiary/aromatic N) is 2. The Bertz CT molecular complexity index is 7240. The average Bonchev–Trinajstić information content (AvgIpc) is 1.54. The number of hydrogen-bond donors (Lipinski definition) is 0. The van der Waals surface area contributed by atoms with Crippen LogP contribution in [0.2, 0.25) is 0 Å². The SMILES string of the molecule is c1ccc(-c2ccc(N(c3ccc(-c4cccc5c4oc4ccccc45)cc3)c3ccc4c(c3)C(c3ccccc3)(c3ccccc3)c3ccccc3-4)c(-c3ccccc3)c2)cc1.c1ccc(-c2ccc(N(c3ccc(-c4cccc5c4sc4ccccc45)cc3)c3ccc4c(c3)C(c3ccccc3)(c3ccccc3)c3ccccc3-4)c(-c3ccccc3)c2)cc1. The minimum atomic E-state index is -0.537. The molecule has 2 aliphatic rings. The molecule has 0 fully saturated rings. The van der Waals surface area contributed by atoms with Gasteiger partial charge in [-0.3, -0.25) is 0 Å². The maximum Gasteiger partial charge on any atom is 0.143 e. The van der Waals surface area contributed by atoms with Gasteiger partial charge in [-0.25, -0.2) is 0 Å². The molecule has 20 aromatic carbocycles. The molecule has 0 bridgehead atoms. The predicted molar refractivity (Wildman–Crippen MR) is 530 cm³/mol. The van der Waals surface area contributed by atoms with Gasteiger partial charge in [0.05, 0.1) is 22.2 Å². The van der Waals surface area contributed by atoms with Gasteiger partial charge >= 0.3 is 0 Å². The normalized spacial score (nSPS) is 12.6. The topological polar surface area (TPSA) is 19.6 Å². The van der Waals surface area contributed by atoms with Crippen LogP contribution in [0, 0.1) is 0 Å². The van der Waals surface area contributed by atoms with E-state index in [2.05, 4.69) is 495 Å². The van der Waals surface area contributed by atoms with Gasteiger partial charge in [0.1, 0.15) is 11.2 Å². The maximum absolute atomic E-state index is 6.52. The molecule has 3 nitrogen and oxygen atoms in total. The Morgan fingerprint density at radius 1 is 0.190 bits per heavy atom. The Labute approximate surface area is 738 Å². The molecule has 4 heteroatoms. The van der Waals surface area contributed by atoms with Crippen molar-refractivity contribution in [3.05, 3.63) is 542 Å². The molecule has 2 aliphatic carbocycles. The lowest BCUT2D eigenvalue weighted by Crippen LogP contribution is -2.28. The number of anilines is 6. The van der Waals surface area contributed by atoms with Crippen LogP contribution >= 0.6 is 11.3 Å². The highest BCUT2D eigenvalue weighted by atomic mass is 32.1. The molecule has 2 aromatic heterocycles. The fourth-order valence-electron chi connectivity index (χ4n) is 20.3. The second-order valence-electron chi connectivity index (χ2n) is 32.8. The first kappa shape index (κ1) is 75.0. The molecule has 592 valence electrons. The van der Waals surface area contributed by atoms with Crippen molar-refractivity contribution in [2.45, 2.75) is 10.8 Å². The van der Waals surface area contributed by atoms with E-state index in [4.69, 9.17) is 4.42 Å². The number of hydrogen-bond acceptors (Lipinski definition) is 4. The largest absolute Gasteiger partial charge is 0.455 e. The molecule has 0 N–H and O–H groups in total. The summed E-state index contributed by atoms with van der Waals surface area (Å²) in [5, 5.41) is 4.88. The Morgan fingerprint density at radius 2 is 0.516 bits per heavy atom. The molecule has 0 aliphatic heterocycles. The molecule has 0 amide bonds. The monoisotopic (exact) mass is 1620 g/mol. The van der Waals surface area contributed by atoms with Gasteiger partial charge in [0.25, 0.3) is 0 Å². The molecular formula is C122H82N2OS. The van der Waals surface area contributed by atoms with Crippen molar-refractivity contribution < 1.29 is 4.42 Å². The first-order chi connectivity index (χ1) is 62.5. The van der Waals surface area contributed by atoms with Crippen molar-refractivity contribution in [1.82, 2.24) is 0 Å². The Hall–Kier alpha value is -16.0. The van der Waals surface area contributed by atoms with Crippen LogP contribution in [0.15, 0.2) is 502 Å². The van der Waals surface area contributed by atoms with E-state index in [0.717, 1.165) is 83.9 Å². The van der Waals surface area contributed by atoms with Crippen molar-refractivity contribution in [2.75, 3.05) is 9.80 Å². The van der Waals surface area contributed by atoms with E-state index in [1.807, 2.05) is 23.5 Å². The number of furan rings is 1. The minimum Gasteiger partial charge on any atom is -0.455 e. The van der Waals surface area contributed by atoms with E-state index in [0.29, 0.717) is 0 Å². The van der Waals surface area contributed by atoms with Crippen molar-refractivity contribution in [3.8, 4) is 89.0 Å². The zero-order valence-corrected chi connectivity index (χ0v) is 69.9. The molecule has 2 heterocycles. The van der Waals surface area contributed by atoms with Crippen molar-refractivity contribution in [1.29, 1.82) is 0 Å². The van der Waals surface area contributed by atoms with Gasteiger partial charge in [-0.15, -0.1) is 11.3 Å². The van der Waals surface area contributed by atoms with E-state index in [1.165, 1.54) is 126 Å². The molecule has 24 rings (SSSR count). The van der Waals surface area contributed by atoms with E-state index >= 15 is 0 Å². The Kier molecular flexibility index (Phi) is 18.9. The third-order valence-corrected chi connectivity index (χ3v) is 27.2. The smallest absolute Gasteiger partial charge is 0.143 e. The summed E-state index contributed by atoms with van der Waals surface area (Å²) in [7, 11) is 0. The molecule has 126 heavy (non-hydrogen) atoms. The lowest BCUT2D eigenvalue weighted by Gasteiger charge is -2.35. The third-order valence-electron chi connectivity index (χ3n) is 25.9. The molecule has 0 unspecified atom stereocenters. The zero-order valence-electron chi connectivity index (χ0n) is 69.1. The van der Waals surface area contributed by atoms with E-state index in [9.17, 15) is 0 Å². The summed E-state index contributed by atoms with van der Waals surface area (Å²) in [4.78, 5) is 4.93. The summed E-state index contributed by atoms with van der Waals surface area (Å²) in [6.45, 7) is 0. The second kappa shape index (κ2) is 31.8. The summed E-state index contributed by atoms with van der Waals surface area (Å²) >= 11 is 1.88. The molecule has 0 saturated heterocycles. The Morgan fingerprint density at radius 3 is 0.976 bits per heavy atom. The van der Waals surface area contributed by atoms with Gasteiger partial charge in [-0.2, -0.15) is 0 Å². The quantitative estimate of drug-likeness (QED) is 0.0961. The summed E-state index contributed by atoms with van der Waals surface area (Å²) in [5.41, 5.74) is 36.4. The molecule has 0 radical (unpaired) electrons. The predicted octanol–water partition coefficient (Wildman–Crippen LogP) is 33.3. The fraction of sp³-hybridized carbons (Fsp3) is 0.0164. The molecular weight excluding hydrogens is 1540 g/mol.